The molecule has 0 fully saturated rings. The minimum absolute atomic E-state index is 0.214. The summed E-state index contributed by atoms with van der Waals surface area (Å²) in [6.07, 6.45) is 1.65. The van der Waals surface area contributed by atoms with Crippen LogP contribution in [-0.4, -0.2) is 35.1 Å². The van der Waals surface area contributed by atoms with Crippen LogP contribution in [0.15, 0.2) is 58.6 Å². The third-order valence-corrected chi connectivity index (χ3v) is 4.39. The van der Waals surface area contributed by atoms with Gasteiger partial charge < -0.3 is 15.0 Å². The molecular formula is C18H17N3O2S. The van der Waals surface area contributed by atoms with Crippen LogP contribution in [0.3, 0.4) is 0 Å². The summed E-state index contributed by atoms with van der Waals surface area (Å²) in [5, 5.41) is 10.0. The van der Waals surface area contributed by atoms with Crippen LogP contribution in [0, 0.1) is 0 Å². The first-order valence-corrected chi connectivity index (χ1v) is 8.19. The Morgan fingerprint density at radius 3 is 2.50 bits per heavy atom. The highest BCUT2D eigenvalue weighted by Gasteiger charge is 2.13. The van der Waals surface area contributed by atoms with Gasteiger partial charge in [-0.1, -0.05) is 24.3 Å². The lowest BCUT2D eigenvalue weighted by molar-refractivity contribution is -0.131. The SMILES string of the molecule is CN(C)c1ccc(/C=C(\Sc2nc3ccccc3[nH]2)C(=O)O)cc1. The van der Waals surface area contributed by atoms with E-state index in [0.717, 1.165) is 34.0 Å². The van der Waals surface area contributed by atoms with E-state index in [0.29, 0.717) is 5.16 Å². The number of imidazole rings is 1. The summed E-state index contributed by atoms with van der Waals surface area (Å²) in [6, 6.07) is 15.3. The summed E-state index contributed by atoms with van der Waals surface area (Å²) < 4.78 is 0. The zero-order chi connectivity index (χ0) is 17.1. The van der Waals surface area contributed by atoms with Gasteiger partial charge in [0.25, 0.3) is 0 Å². The maximum Gasteiger partial charge on any atom is 0.342 e. The number of aromatic amines is 1. The van der Waals surface area contributed by atoms with Gasteiger partial charge in [-0.2, -0.15) is 0 Å². The zero-order valence-electron chi connectivity index (χ0n) is 13.4. The first kappa shape index (κ1) is 16.1. The number of carbonyl (C=O) groups is 1. The molecule has 0 saturated carbocycles. The maximum absolute atomic E-state index is 11.6. The number of benzene rings is 2. The van der Waals surface area contributed by atoms with Crippen molar-refractivity contribution in [2.75, 3.05) is 19.0 Å². The normalized spacial score (nSPS) is 11.7. The van der Waals surface area contributed by atoms with Gasteiger partial charge in [0.15, 0.2) is 5.16 Å². The molecule has 3 aromatic rings. The molecular weight excluding hydrogens is 322 g/mol. The molecule has 2 aromatic carbocycles. The summed E-state index contributed by atoms with van der Waals surface area (Å²) in [5.41, 5.74) is 3.61. The predicted molar refractivity (Wildman–Crippen MR) is 98.3 cm³/mol. The van der Waals surface area contributed by atoms with E-state index in [1.54, 1.807) is 6.08 Å². The molecule has 1 heterocycles. The second kappa shape index (κ2) is 6.80. The first-order chi connectivity index (χ1) is 11.5. The number of nitrogens with zero attached hydrogens (tertiary/aromatic N) is 2. The Balaban J connectivity index is 1.87. The highest BCUT2D eigenvalue weighted by atomic mass is 32.2. The number of aromatic nitrogens is 2. The number of rotatable bonds is 5. The number of carboxylic acid groups (broad SMARTS) is 1. The highest BCUT2D eigenvalue weighted by molar-refractivity contribution is 8.04. The van der Waals surface area contributed by atoms with Gasteiger partial charge in [0.1, 0.15) is 4.91 Å². The summed E-state index contributed by atoms with van der Waals surface area (Å²) in [5.74, 6) is -0.975. The van der Waals surface area contributed by atoms with Crippen molar-refractivity contribution < 1.29 is 9.90 Å². The van der Waals surface area contributed by atoms with Crippen LogP contribution in [0.4, 0.5) is 5.69 Å². The van der Waals surface area contributed by atoms with Crippen LogP contribution in [-0.2, 0) is 4.79 Å². The first-order valence-electron chi connectivity index (χ1n) is 7.38. The number of H-pyrrole nitrogens is 1. The third-order valence-electron chi connectivity index (χ3n) is 3.49. The Morgan fingerprint density at radius 2 is 1.88 bits per heavy atom. The number of para-hydroxylation sites is 2. The molecule has 6 heteroatoms. The van der Waals surface area contributed by atoms with Crippen molar-refractivity contribution in [2.45, 2.75) is 5.16 Å². The van der Waals surface area contributed by atoms with Gasteiger partial charge in [-0.05, 0) is 47.7 Å². The molecule has 2 N–H and O–H groups in total. The molecule has 0 aliphatic carbocycles. The average molecular weight is 339 g/mol. The zero-order valence-corrected chi connectivity index (χ0v) is 14.2. The van der Waals surface area contributed by atoms with Crippen molar-refractivity contribution in [1.29, 1.82) is 0 Å². The Kier molecular flexibility index (Phi) is 4.57. The molecule has 1 aromatic heterocycles. The van der Waals surface area contributed by atoms with E-state index >= 15 is 0 Å². The molecule has 0 saturated heterocycles. The van der Waals surface area contributed by atoms with Crippen molar-refractivity contribution in [2.24, 2.45) is 0 Å². The minimum Gasteiger partial charge on any atom is -0.477 e. The molecule has 0 amide bonds. The number of anilines is 1. The van der Waals surface area contributed by atoms with E-state index in [9.17, 15) is 9.90 Å². The van der Waals surface area contributed by atoms with Gasteiger partial charge in [-0.3, -0.25) is 0 Å². The minimum atomic E-state index is -0.975. The molecule has 0 unspecified atom stereocenters. The van der Waals surface area contributed by atoms with Gasteiger partial charge in [0.2, 0.25) is 0 Å². The number of hydrogen-bond acceptors (Lipinski definition) is 4. The molecule has 0 radical (unpaired) electrons. The fourth-order valence-electron chi connectivity index (χ4n) is 2.24. The number of nitrogens with one attached hydrogen (secondary N) is 1. The largest absolute Gasteiger partial charge is 0.477 e. The molecule has 5 nitrogen and oxygen atoms in total. The van der Waals surface area contributed by atoms with Gasteiger partial charge in [0.05, 0.1) is 11.0 Å². The highest BCUT2D eigenvalue weighted by Crippen LogP contribution is 2.28. The molecule has 0 atom stereocenters. The molecule has 0 bridgehead atoms. The van der Waals surface area contributed by atoms with Crippen LogP contribution in [0.2, 0.25) is 0 Å². The number of fused-ring (bicyclic) bond motifs is 1. The lowest BCUT2D eigenvalue weighted by Crippen LogP contribution is -2.07. The van der Waals surface area contributed by atoms with Crippen molar-refractivity contribution in [1.82, 2.24) is 9.97 Å². The van der Waals surface area contributed by atoms with Gasteiger partial charge >= 0.3 is 5.97 Å². The van der Waals surface area contributed by atoms with Crippen molar-refractivity contribution in [3.8, 4) is 0 Å². The number of hydrogen-bond donors (Lipinski definition) is 2. The van der Waals surface area contributed by atoms with E-state index in [1.165, 1.54) is 0 Å². The quantitative estimate of drug-likeness (QED) is 0.546. The number of aliphatic carboxylic acids is 1. The molecule has 24 heavy (non-hydrogen) atoms. The van der Waals surface area contributed by atoms with E-state index < -0.39 is 5.97 Å². The van der Waals surface area contributed by atoms with Crippen molar-refractivity contribution >= 4 is 40.5 Å². The third kappa shape index (κ3) is 3.60. The summed E-state index contributed by atoms with van der Waals surface area (Å²) in [6.45, 7) is 0. The molecule has 3 rings (SSSR count). The fraction of sp³-hybridized carbons (Fsp3) is 0.111. The molecule has 0 spiro atoms. The van der Waals surface area contributed by atoms with Crippen LogP contribution < -0.4 is 4.90 Å². The second-order valence-corrected chi connectivity index (χ2v) is 6.49. The van der Waals surface area contributed by atoms with Gasteiger partial charge in [0, 0.05) is 19.8 Å². The lowest BCUT2D eigenvalue weighted by Gasteiger charge is -2.12. The van der Waals surface area contributed by atoms with Crippen LogP contribution >= 0.6 is 11.8 Å². The standard InChI is InChI=1S/C18H17N3O2S/c1-21(2)13-9-7-12(8-10-13)11-16(17(22)23)24-18-19-14-5-3-4-6-15(14)20-18/h3-11H,1-2H3,(H,19,20)(H,22,23)/b16-11-. The Bertz CT molecular complexity index is 865. The summed E-state index contributed by atoms with van der Waals surface area (Å²) >= 11 is 1.11. The number of thioether (sulfide) groups is 1. The van der Waals surface area contributed by atoms with Crippen LogP contribution in [0.25, 0.3) is 17.1 Å². The molecule has 0 aliphatic heterocycles. The van der Waals surface area contributed by atoms with Crippen molar-refractivity contribution in [3.63, 3.8) is 0 Å². The summed E-state index contributed by atoms with van der Waals surface area (Å²) in [7, 11) is 3.93. The van der Waals surface area contributed by atoms with E-state index in [1.807, 2.05) is 67.5 Å². The fourth-order valence-corrected chi connectivity index (χ4v) is 3.03. The van der Waals surface area contributed by atoms with Crippen LogP contribution in [0.1, 0.15) is 5.56 Å². The Morgan fingerprint density at radius 1 is 1.17 bits per heavy atom. The van der Waals surface area contributed by atoms with Gasteiger partial charge in [-0.25, -0.2) is 9.78 Å². The molecule has 122 valence electrons. The predicted octanol–water partition coefficient (Wildman–Crippen LogP) is 3.85. The Hall–Kier alpha value is -2.73. The average Bonchev–Trinajstić information content (AvgIpc) is 2.97. The molecule has 0 aliphatic rings. The Labute approximate surface area is 144 Å². The smallest absolute Gasteiger partial charge is 0.342 e. The summed E-state index contributed by atoms with van der Waals surface area (Å²) in [4.78, 5) is 21.3. The van der Waals surface area contributed by atoms with Crippen LogP contribution in [0.5, 0.6) is 0 Å². The topological polar surface area (TPSA) is 69.2 Å². The van der Waals surface area contributed by atoms with Crippen molar-refractivity contribution in [3.05, 3.63) is 59.0 Å². The number of carboxylic acids is 1. The second-order valence-electron chi connectivity index (χ2n) is 5.46. The van der Waals surface area contributed by atoms with E-state index in [2.05, 4.69) is 9.97 Å². The van der Waals surface area contributed by atoms with E-state index in [4.69, 9.17) is 0 Å². The van der Waals surface area contributed by atoms with E-state index in [-0.39, 0.29) is 4.91 Å². The van der Waals surface area contributed by atoms with Gasteiger partial charge in [-0.15, -0.1) is 0 Å². The monoisotopic (exact) mass is 339 g/mol. The lowest BCUT2D eigenvalue weighted by atomic mass is 10.2. The maximum atomic E-state index is 11.6.